The number of aromatic nitrogens is 2. The third-order valence-electron chi connectivity index (χ3n) is 4.48. The van der Waals surface area contributed by atoms with Gasteiger partial charge in [0.15, 0.2) is 5.75 Å². The Morgan fingerprint density at radius 1 is 1.06 bits per heavy atom. The number of nitrogens with zero attached hydrogens (tertiary/aromatic N) is 2. The second kappa shape index (κ2) is 8.39. The number of aromatic hydroxyl groups is 1. The summed E-state index contributed by atoms with van der Waals surface area (Å²) in [4.78, 5) is 3.13. The molecule has 0 fully saturated rings. The molecule has 33 heavy (non-hydrogen) atoms. The third-order valence-corrected chi connectivity index (χ3v) is 7.21. The van der Waals surface area contributed by atoms with Crippen molar-refractivity contribution in [3.8, 4) is 22.9 Å². The van der Waals surface area contributed by atoms with Gasteiger partial charge in [0.1, 0.15) is 4.90 Å². The minimum absolute atomic E-state index is 0.0637. The van der Waals surface area contributed by atoms with Crippen LogP contribution in [0.1, 0.15) is 0 Å². The number of ether oxygens (including phenoxy) is 1. The molecule has 4 rings (SSSR count). The van der Waals surface area contributed by atoms with Gasteiger partial charge in [0.25, 0.3) is 10.0 Å². The van der Waals surface area contributed by atoms with Crippen LogP contribution < -0.4 is 4.74 Å². The number of hydrogen-bond acceptors (Lipinski definition) is 5. The molecule has 0 aliphatic heterocycles. The highest BCUT2D eigenvalue weighted by molar-refractivity contribution is 9.10. The van der Waals surface area contributed by atoms with Crippen LogP contribution in [-0.2, 0) is 10.0 Å². The number of rotatable bonds is 4. The van der Waals surface area contributed by atoms with Crippen LogP contribution >= 0.6 is 39.1 Å². The summed E-state index contributed by atoms with van der Waals surface area (Å²) in [6.07, 6.45) is -3.89. The smallest absolute Gasteiger partial charge is 0.505 e. The fourth-order valence-corrected chi connectivity index (χ4v) is 6.04. The first-order chi connectivity index (χ1) is 15.4. The largest absolute Gasteiger partial charge is 0.574 e. The predicted octanol–water partition coefficient (Wildman–Crippen LogP) is 6.61. The van der Waals surface area contributed by atoms with Gasteiger partial charge in [-0.15, -0.1) is 13.2 Å². The number of benzene rings is 2. The molecule has 172 valence electrons. The molecular weight excluding hydrogens is 572 g/mol. The number of pyridine rings is 1. The van der Waals surface area contributed by atoms with Gasteiger partial charge >= 0.3 is 6.36 Å². The zero-order valence-corrected chi connectivity index (χ0v) is 19.9. The number of phenolic OH excluding ortho intramolecular Hbond substituents is 1. The Labute approximate surface area is 203 Å². The number of halogens is 6. The number of fused-ring (bicyclic) bond motifs is 1. The second-order valence-corrected chi connectivity index (χ2v) is 10.2. The molecular formula is C20H10BrCl2F3N2O4S. The summed E-state index contributed by atoms with van der Waals surface area (Å²) in [6, 6.07) is 10.6. The van der Waals surface area contributed by atoms with E-state index in [-0.39, 0.29) is 21.8 Å². The molecule has 13 heteroatoms. The molecule has 0 atom stereocenters. The van der Waals surface area contributed by atoms with Crippen molar-refractivity contribution in [2.24, 2.45) is 0 Å². The summed E-state index contributed by atoms with van der Waals surface area (Å²) >= 11 is 15.2. The molecule has 0 bridgehead atoms. The van der Waals surface area contributed by atoms with Gasteiger partial charge in [-0.05, 0) is 42.5 Å². The van der Waals surface area contributed by atoms with Crippen molar-refractivity contribution in [1.29, 1.82) is 0 Å². The summed E-state index contributed by atoms with van der Waals surface area (Å²) in [5.74, 6) is -1.37. The van der Waals surface area contributed by atoms with E-state index in [1.165, 1.54) is 42.5 Å². The van der Waals surface area contributed by atoms with E-state index in [9.17, 15) is 26.7 Å². The molecule has 0 amide bonds. The lowest BCUT2D eigenvalue weighted by Crippen LogP contribution is -2.18. The maximum absolute atomic E-state index is 13.7. The van der Waals surface area contributed by atoms with E-state index >= 15 is 0 Å². The molecule has 0 saturated heterocycles. The first kappa shape index (κ1) is 23.7. The van der Waals surface area contributed by atoms with Crippen LogP contribution in [0.2, 0.25) is 10.0 Å². The molecule has 6 nitrogen and oxygen atoms in total. The summed E-state index contributed by atoms with van der Waals surface area (Å²) in [6.45, 7) is 0. The highest BCUT2D eigenvalue weighted by atomic mass is 79.9. The standard InChI is InChI=1S/C20H10BrCl2F3N2O4S/c21-12-7-14(23)19(29)17(8-12)33(30,31)28-15-3-2-13(22)5-11(15)6-16(28)10-1-4-18(27-9-10)32-20(24,25)26/h1-9,29H. The van der Waals surface area contributed by atoms with Crippen LogP contribution in [0.25, 0.3) is 22.2 Å². The fraction of sp³-hybridized carbons (Fsp3) is 0.0500. The minimum Gasteiger partial charge on any atom is -0.505 e. The molecule has 0 saturated carbocycles. The van der Waals surface area contributed by atoms with Crippen molar-refractivity contribution in [3.63, 3.8) is 0 Å². The molecule has 4 aromatic rings. The Morgan fingerprint density at radius 3 is 2.42 bits per heavy atom. The number of phenols is 1. The van der Waals surface area contributed by atoms with Crippen molar-refractivity contribution >= 4 is 60.1 Å². The van der Waals surface area contributed by atoms with E-state index in [4.69, 9.17) is 23.2 Å². The monoisotopic (exact) mass is 580 g/mol. The van der Waals surface area contributed by atoms with E-state index in [1.807, 2.05) is 0 Å². The van der Waals surface area contributed by atoms with Gasteiger partial charge in [-0.3, -0.25) is 0 Å². The quantitative estimate of drug-likeness (QED) is 0.293. The number of hydrogen-bond donors (Lipinski definition) is 1. The van der Waals surface area contributed by atoms with Gasteiger partial charge in [-0.1, -0.05) is 39.1 Å². The highest BCUT2D eigenvalue weighted by Crippen LogP contribution is 2.39. The van der Waals surface area contributed by atoms with Crippen molar-refractivity contribution in [2.45, 2.75) is 11.3 Å². The van der Waals surface area contributed by atoms with Gasteiger partial charge in [-0.2, -0.15) is 0 Å². The maximum Gasteiger partial charge on any atom is 0.574 e. The Bertz CT molecular complexity index is 1490. The van der Waals surface area contributed by atoms with Gasteiger partial charge < -0.3 is 9.84 Å². The normalized spacial score (nSPS) is 12.3. The van der Waals surface area contributed by atoms with E-state index in [2.05, 4.69) is 25.7 Å². The van der Waals surface area contributed by atoms with Crippen LogP contribution in [0.15, 0.2) is 64.1 Å². The highest BCUT2D eigenvalue weighted by Gasteiger charge is 2.32. The SMILES string of the molecule is O=S(=O)(c1cc(Br)cc(Cl)c1O)n1c(-c2ccc(OC(F)(F)F)nc2)cc2cc(Cl)ccc21. The van der Waals surface area contributed by atoms with E-state index < -0.39 is 32.9 Å². The van der Waals surface area contributed by atoms with Crippen molar-refractivity contribution in [3.05, 3.63) is 69.2 Å². The third kappa shape index (κ3) is 4.63. The molecule has 0 aliphatic rings. The lowest BCUT2D eigenvalue weighted by Gasteiger charge is -2.14. The van der Waals surface area contributed by atoms with Crippen molar-refractivity contribution < 1.29 is 31.4 Å². The summed E-state index contributed by atoms with van der Waals surface area (Å²) in [7, 11) is -4.46. The lowest BCUT2D eigenvalue weighted by atomic mass is 10.2. The van der Waals surface area contributed by atoms with Crippen molar-refractivity contribution in [2.75, 3.05) is 0 Å². The topological polar surface area (TPSA) is 81.4 Å². The van der Waals surface area contributed by atoms with Crippen LogP contribution in [0.4, 0.5) is 13.2 Å². The summed E-state index contributed by atoms with van der Waals surface area (Å²) in [5.41, 5.74) is 0.440. The molecule has 0 unspecified atom stereocenters. The average Bonchev–Trinajstić information content (AvgIpc) is 3.09. The molecule has 0 radical (unpaired) electrons. The van der Waals surface area contributed by atoms with Gasteiger partial charge in [0.05, 0.1) is 16.2 Å². The van der Waals surface area contributed by atoms with Gasteiger partial charge in [0, 0.05) is 32.7 Å². The average molecular weight is 582 g/mol. The minimum atomic E-state index is -4.93. The molecule has 2 heterocycles. The van der Waals surface area contributed by atoms with E-state index in [1.54, 1.807) is 0 Å². The van der Waals surface area contributed by atoms with Crippen LogP contribution in [0.5, 0.6) is 11.6 Å². The maximum atomic E-state index is 13.7. The molecule has 2 aromatic heterocycles. The molecule has 2 aromatic carbocycles. The first-order valence-electron chi connectivity index (χ1n) is 8.83. The van der Waals surface area contributed by atoms with Crippen LogP contribution in [0, 0.1) is 0 Å². The number of alkyl halides is 3. The van der Waals surface area contributed by atoms with Gasteiger partial charge in [0.2, 0.25) is 5.88 Å². The molecule has 1 N–H and O–H groups in total. The fourth-order valence-electron chi connectivity index (χ4n) is 3.17. The van der Waals surface area contributed by atoms with E-state index in [0.717, 1.165) is 16.2 Å². The Kier molecular flexibility index (Phi) is 6.02. The zero-order valence-electron chi connectivity index (χ0n) is 15.9. The summed E-state index contributed by atoms with van der Waals surface area (Å²) < 4.78 is 69.7. The Morgan fingerprint density at radius 2 is 1.79 bits per heavy atom. The van der Waals surface area contributed by atoms with Crippen molar-refractivity contribution in [1.82, 2.24) is 8.96 Å². The Hall–Kier alpha value is -2.47. The molecule has 0 aliphatic carbocycles. The van der Waals surface area contributed by atoms with Crippen LogP contribution in [0.3, 0.4) is 0 Å². The van der Waals surface area contributed by atoms with Crippen LogP contribution in [-0.4, -0.2) is 28.8 Å². The Balaban J connectivity index is 1.97. The zero-order chi connectivity index (χ0) is 24.1. The first-order valence-corrected chi connectivity index (χ1v) is 11.8. The van der Waals surface area contributed by atoms with E-state index in [0.29, 0.717) is 14.9 Å². The van der Waals surface area contributed by atoms with Gasteiger partial charge in [-0.25, -0.2) is 17.4 Å². The molecule has 0 spiro atoms. The predicted molar refractivity (Wildman–Crippen MR) is 120 cm³/mol. The summed E-state index contributed by atoms with van der Waals surface area (Å²) in [5, 5.41) is 10.9. The second-order valence-electron chi connectivity index (χ2n) is 6.67. The lowest BCUT2D eigenvalue weighted by molar-refractivity contribution is -0.276.